The fourth-order valence-electron chi connectivity index (χ4n) is 2.49. The molecule has 0 aliphatic rings. The molecule has 2 aromatic rings. The Morgan fingerprint density at radius 1 is 0.893 bits per heavy atom. The zero-order valence-corrected chi connectivity index (χ0v) is 15.8. The molecule has 2 aromatic carbocycles. The van der Waals surface area contributed by atoms with Crippen LogP contribution in [0.1, 0.15) is 28.4 Å². The van der Waals surface area contributed by atoms with Gasteiger partial charge in [0, 0.05) is 5.56 Å². The van der Waals surface area contributed by atoms with Gasteiger partial charge in [0.1, 0.15) is 4.90 Å². The summed E-state index contributed by atoms with van der Waals surface area (Å²) >= 11 is 0. The largest absolute Gasteiger partial charge is 0.456 e. The molecule has 3 nitrogen and oxygen atoms in total. The summed E-state index contributed by atoms with van der Waals surface area (Å²) in [5.41, 5.74) is -0.421. The molecule has 0 bridgehead atoms. The third-order valence-corrected chi connectivity index (χ3v) is 5.16. The van der Waals surface area contributed by atoms with E-state index in [2.05, 4.69) is 0 Å². The molecule has 10 heteroatoms. The van der Waals surface area contributed by atoms with Gasteiger partial charge in [-0.25, -0.2) is 4.39 Å². The van der Waals surface area contributed by atoms with E-state index in [9.17, 15) is 34.8 Å². The van der Waals surface area contributed by atoms with Gasteiger partial charge in [-0.3, -0.25) is 0 Å². The van der Waals surface area contributed by atoms with Gasteiger partial charge in [0.2, 0.25) is 6.17 Å². The highest BCUT2D eigenvalue weighted by Gasteiger charge is 2.64. The number of hydrogen-bond acceptors (Lipinski definition) is 3. The van der Waals surface area contributed by atoms with Crippen LogP contribution in [-0.2, 0) is 10.1 Å². The minimum Gasteiger partial charge on any atom is -0.378 e. The van der Waals surface area contributed by atoms with Crippen molar-refractivity contribution in [1.29, 1.82) is 0 Å². The van der Waals surface area contributed by atoms with Crippen LogP contribution in [0.3, 0.4) is 0 Å². The highest BCUT2D eigenvalue weighted by molar-refractivity contribution is 7.87. The molecule has 0 aliphatic carbocycles. The van der Waals surface area contributed by atoms with E-state index < -0.39 is 39.7 Å². The van der Waals surface area contributed by atoms with Crippen molar-refractivity contribution < 1.29 is 38.9 Å². The lowest BCUT2D eigenvalue weighted by molar-refractivity contribution is -0.305. The van der Waals surface area contributed by atoms with Gasteiger partial charge in [0.15, 0.2) is 5.75 Å². The van der Waals surface area contributed by atoms with Crippen LogP contribution >= 0.6 is 0 Å². The van der Waals surface area contributed by atoms with E-state index in [0.29, 0.717) is 6.07 Å². The van der Waals surface area contributed by atoms with E-state index in [1.807, 2.05) is 0 Å². The summed E-state index contributed by atoms with van der Waals surface area (Å²) in [5.74, 6) is -6.64. The van der Waals surface area contributed by atoms with Crippen LogP contribution in [0.15, 0.2) is 41.3 Å². The van der Waals surface area contributed by atoms with Crippen molar-refractivity contribution in [3.63, 3.8) is 0 Å². The molecular weight excluding hydrogens is 410 g/mol. The zero-order valence-electron chi connectivity index (χ0n) is 14.9. The van der Waals surface area contributed by atoms with Gasteiger partial charge in [0.25, 0.3) is 0 Å². The molecule has 0 saturated carbocycles. The zero-order chi connectivity index (χ0) is 21.5. The highest BCUT2D eigenvalue weighted by atomic mass is 32.2. The lowest BCUT2D eigenvalue weighted by Gasteiger charge is -2.25. The summed E-state index contributed by atoms with van der Waals surface area (Å²) in [6, 6.07) is 7.21. The van der Waals surface area contributed by atoms with Crippen molar-refractivity contribution in [3.8, 4) is 5.75 Å². The van der Waals surface area contributed by atoms with Gasteiger partial charge in [0.05, 0.1) is 0 Å². The Morgan fingerprint density at radius 2 is 1.43 bits per heavy atom. The van der Waals surface area contributed by atoms with Gasteiger partial charge >= 0.3 is 22.2 Å². The van der Waals surface area contributed by atoms with Crippen LogP contribution < -0.4 is 4.18 Å². The van der Waals surface area contributed by atoms with Crippen LogP contribution in [0.4, 0.5) is 26.3 Å². The second kappa shape index (κ2) is 7.31. The number of benzene rings is 2. The van der Waals surface area contributed by atoms with Crippen molar-refractivity contribution in [1.82, 2.24) is 0 Å². The van der Waals surface area contributed by atoms with E-state index in [1.165, 1.54) is 44.2 Å². The summed E-state index contributed by atoms with van der Waals surface area (Å²) in [5, 5.41) is 0. The number of aryl methyl sites for hydroxylation is 3. The van der Waals surface area contributed by atoms with Gasteiger partial charge in [-0.2, -0.15) is 30.4 Å². The smallest absolute Gasteiger partial charge is 0.378 e. The van der Waals surface area contributed by atoms with Gasteiger partial charge in [-0.05, 0) is 44.5 Å². The number of rotatable bonds is 5. The molecule has 28 heavy (non-hydrogen) atoms. The lowest BCUT2D eigenvalue weighted by Crippen LogP contribution is -2.40. The second-order valence-corrected chi connectivity index (χ2v) is 7.88. The summed E-state index contributed by atoms with van der Waals surface area (Å²) < 4.78 is 109. The molecule has 0 aromatic heterocycles. The molecule has 0 saturated heterocycles. The molecule has 154 valence electrons. The van der Waals surface area contributed by atoms with Crippen LogP contribution in [0.2, 0.25) is 0 Å². The van der Waals surface area contributed by atoms with Crippen LogP contribution in [0, 0.1) is 20.8 Å². The first-order valence-corrected chi connectivity index (χ1v) is 9.28. The average molecular weight is 426 g/mol. The van der Waals surface area contributed by atoms with Gasteiger partial charge in [-0.1, -0.05) is 29.3 Å². The van der Waals surface area contributed by atoms with Crippen molar-refractivity contribution >= 4 is 10.1 Å². The van der Waals surface area contributed by atoms with Crippen LogP contribution in [0.25, 0.3) is 0 Å². The quantitative estimate of drug-likeness (QED) is 0.463. The van der Waals surface area contributed by atoms with Crippen LogP contribution in [-0.4, -0.2) is 20.5 Å². The fraction of sp³-hybridized carbons (Fsp3) is 0.333. The molecule has 0 heterocycles. The predicted molar refractivity (Wildman–Crippen MR) is 89.8 cm³/mol. The summed E-state index contributed by atoms with van der Waals surface area (Å²) in [7, 11) is -4.60. The topological polar surface area (TPSA) is 43.4 Å². The first-order valence-electron chi connectivity index (χ1n) is 7.87. The normalized spacial score (nSPS) is 14.0. The molecule has 1 atom stereocenters. The molecule has 0 amide bonds. The molecule has 1 unspecified atom stereocenters. The Hall–Kier alpha value is -2.23. The van der Waals surface area contributed by atoms with Gasteiger partial charge < -0.3 is 4.18 Å². The summed E-state index contributed by atoms with van der Waals surface area (Å²) in [4.78, 5) is -0.359. The SMILES string of the molecule is Cc1ccc(S(=O)(=O)Oc2c(C)cc(C)cc2C(F)C(F)(F)C(F)(F)F)cc1. The van der Waals surface area contributed by atoms with Gasteiger partial charge in [-0.15, -0.1) is 0 Å². The number of alkyl halides is 6. The Labute approximate surface area is 158 Å². The summed E-state index contributed by atoms with van der Waals surface area (Å²) in [6.07, 6.45) is -10.0. The molecule has 0 fully saturated rings. The molecule has 0 N–H and O–H groups in total. The Morgan fingerprint density at radius 3 is 1.93 bits per heavy atom. The number of hydrogen-bond donors (Lipinski definition) is 0. The van der Waals surface area contributed by atoms with E-state index in [-0.39, 0.29) is 16.0 Å². The van der Waals surface area contributed by atoms with Crippen molar-refractivity contribution in [2.75, 3.05) is 0 Å². The van der Waals surface area contributed by atoms with E-state index in [0.717, 1.165) is 5.56 Å². The first-order chi connectivity index (χ1) is 12.7. The standard InChI is InChI=1S/C18H16F6O3S/c1-10-4-6-13(7-5-10)28(25,26)27-15-12(3)8-11(2)9-14(15)16(19)17(20,21)18(22,23)24/h4-9,16H,1-3H3. The second-order valence-electron chi connectivity index (χ2n) is 6.33. The van der Waals surface area contributed by atoms with E-state index in [1.54, 1.807) is 6.92 Å². The maximum Gasteiger partial charge on any atom is 0.456 e. The molecule has 0 aliphatic heterocycles. The van der Waals surface area contributed by atoms with Crippen molar-refractivity contribution in [2.45, 2.75) is 43.9 Å². The predicted octanol–water partition coefficient (Wildman–Crippen LogP) is 5.59. The third kappa shape index (κ3) is 4.26. The Kier molecular flexibility index (Phi) is 5.76. The van der Waals surface area contributed by atoms with Crippen molar-refractivity contribution in [3.05, 3.63) is 58.7 Å². The molecule has 2 rings (SSSR count). The molecule has 0 radical (unpaired) electrons. The third-order valence-electron chi connectivity index (χ3n) is 3.92. The monoisotopic (exact) mass is 426 g/mol. The van der Waals surface area contributed by atoms with Crippen molar-refractivity contribution in [2.24, 2.45) is 0 Å². The lowest BCUT2D eigenvalue weighted by atomic mass is 9.98. The first kappa shape index (κ1) is 22.1. The minimum atomic E-state index is -6.17. The Bertz CT molecular complexity index is 966. The summed E-state index contributed by atoms with van der Waals surface area (Å²) in [6.45, 7) is 4.24. The Balaban J connectivity index is 2.58. The minimum absolute atomic E-state index is 0.105. The van der Waals surface area contributed by atoms with Crippen LogP contribution in [0.5, 0.6) is 5.75 Å². The molecule has 0 spiro atoms. The molecular formula is C18H16F6O3S. The van der Waals surface area contributed by atoms with E-state index >= 15 is 0 Å². The number of halogens is 6. The average Bonchev–Trinajstić information content (AvgIpc) is 2.55. The fourth-order valence-corrected chi connectivity index (χ4v) is 3.50. The van der Waals surface area contributed by atoms with E-state index in [4.69, 9.17) is 4.18 Å². The maximum atomic E-state index is 14.3. The maximum absolute atomic E-state index is 14.3. The highest BCUT2D eigenvalue weighted by Crippen LogP contribution is 2.49.